The normalized spacial score (nSPS) is 22.4. The quantitative estimate of drug-likeness (QED) is 0.781. The Morgan fingerprint density at radius 3 is 3.07 bits per heavy atom. The maximum absolute atomic E-state index is 9.36. The number of aromatic nitrogens is 2. The Hall–Kier alpha value is -0.870. The number of nitrogens with zero attached hydrogens (tertiary/aromatic N) is 3. The third kappa shape index (κ3) is 3.04. The van der Waals surface area contributed by atoms with Crippen molar-refractivity contribution in [2.75, 3.05) is 19.6 Å². The van der Waals surface area contributed by atoms with Crippen molar-refractivity contribution in [3.63, 3.8) is 0 Å². The molecule has 4 nitrogen and oxygen atoms in total. The number of hydrogen-bond donors (Lipinski definition) is 1. The number of likely N-dealkylation sites (tertiary alicyclic amines) is 1. The Morgan fingerprint density at radius 1 is 1.60 bits per heavy atom. The summed E-state index contributed by atoms with van der Waals surface area (Å²) in [6.45, 7) is 2.99. The molecule has 0 radical (unpaired) electrons. The fraction of sp³-hybridized carbons (Fsp3) is 0.727. The van der Waals surface area contributed by atoms with Crippen LogP contribution < -0.4 is 0 Å². The van der Waals surface area contributed by atoms with Crippen LogP contribution in [0.3, 0.4) is 0 Å². The first-order chi connectivity index (χ1) is 7.24. The fourth-order valence-corrected chi connectivity index (χ4v) is 2.12. The van der Waals surface area contributed by atoms with Crippen LogP contribution in [0.1, 0.15) is 18.4 Å². The van der Waals surface area contributed by atoms with E-state index in [1.807, 2.05) is 17.9 Å². The van der Waals surface area contributed by atoms with Crippen molar-refractivity contribution in [2.24, 2.45) is 7.05 Å². The van der Waals surface area contributed by atoms with Crippen LogP contribution in [0.25, 0.3) is 0 Å². The summed E-state index contributed by atoms with van der Waals surface area (Å²) >= 11 is 0. The largest absolute Gasteiger partial charge is 0.392 e. The number of aliphatic hydroxyl groups is 1. The Labute approximate surface area is 90.5 Å². The lowest BCUT2D eigenvalue weighted by atomic mass is 10.2. The summed E-state index contributed by atoms with van der Waals surface area (Å²) in [6.07, 6.45) is 7.08. The monoisotopic (exact) mass is 209 g/mol. The summed E-state index contributed by atoms with van der Waals surface area (Å²) < 4.78 is 1.84. The number of aryl methyl sites for hydroxylation is 2. The van der Waals surface area contributed by atoms with Gasteiger partial charge < -0.3 is 10.0 Å². The molecule has 0 unspecified atom stereocenters. The van der Waals surface area contributed by atoms with Gasteiger partial charge in [0.2, 0.25) is 0 Å². The van der Waals surface area contributed by atoms with Crippen molar-refractivity contribution >= 4 is 0 Å². The van der Waals surface area contributed by atoms with Crippen molar-refractivity contribution in [3.05, 3.63) is 18.0 Å². The Kier molecular flexibility index (Phi) is 3.38. The summed E-state index contributed by atoms with van der Waals surface area (Å²) in [7, 11) is 1.94. The molecule has 4 heteroatoms. The minimum Gasteiger partial charge on any atom is -0.392 e. The SMILES string of the molecule is Cn1cc(CCCN2CC[C@H](O)C2)cn1. The van der Waals surface area contributed by atoms with Gasteiger partial charge in [-0.3, -0.25) is 4.68 Å². The second kappa shape index (κ2) is 4.77. The summed E-state index contributed by atoms with van der Waals surface area (Å²) in [5.41, 5.74) is 1.30. The van der Waals surface area contributed by atoms with Gasteiger partial charge in [-0.25, -0.2) is 0 Å². The second-order valence-corrected chi connectivity index (χ2v) is 4.37. The van der Waals surface area contributed by atoms with Crippen LogP contribution in [0.5, 0.6) is 0 Å². The zero-order valence-corrected chi connectivity index (χ0v) is 9.26. The fourth-order valence-electron chi connectivity index (χ4n) is 2.12. The Balaban J connectivity index is 1.67. The third-order valence-electron chi connectivity index (χ3n) is 2.95. The van der Waals surface area contributed by atoms with Crippen molar-refractivity contribution in [2.45, 2.75) is 25.4 Å². The van der Waals surface area contributed by atoms with Gasteiger partial charge >= 0.3 is 0 Å². The van der Waals surface area contributed by atoms with Crippen LogP contribution >= 0.6 is 0 Å². The standard InChI is InChI=1S/C11H19N3O/c1-13-8-10(7-12-13)3-2-5-14-6-4-11(15)9-14/h7-8,11,15H,2-6,9H2,1H3/t11-/m0/s1. The van der Waals surface area contributed by atoms with Gasteiger partial charge in [-0.15, -0.1) is 0 Å². The summed E-state index contributed by atoms with van der Waals surface area (Å²) in [5, 5.41) is 13.5. The minimum absolute atomic E-state index is 0.0941. The minimum atomic E-state index is -0.0941. The average molecular weight is 209 g/mol. The Morgan fingerprint density at radius 2 is 2.47 bits per heavy atom. The molecule has 1 saturated heterocycles. The van der Waals surface area contributed by atoms with Gasteiger partial charge in [0.1, 0.15) is 0 Å². The van der Waals surface area contributed by atoms with E-state index in [0.717, 1.165) is 38.9 Å². The van der Waals surface area contributed by atoms with E-state index >= 15 is 0 Å². The van der Waals surface area contributed by atoms with Gasteiger partial charge in [-0.05, 0) is 31.4 Å². The van der Waals surface area contributed by atoms with E-state index in [1.165, 1.54) is 5.56 Å². The van der Waals surface area contributed by atoms with E-state index in [-0.39, 0.29) is 6.10 Å². The van der Waals surface area contributed by atoms with Crippen molar-refractivity contribution in [1.29, 1.82) is 0 Å². The predicted octanol–water partition coefficient (Wildman–Crippen LogP) is 0.419. The van der Waals surface area contributed by atoms with E-state index in [4.69, 9.17) is 0 Å². The molecule has 1 aliphatic rings. The van der Waals surface area contributed by atoms with Crippen LogP contribution in [-0.2, 0) is 13.5 Å². The van der Waals surface area contributed by atoms with Gasteiger partial charge in [0.25, 0.3) is 0 Å². The van der Waals surface area contributed by atoms with Crippen molar-refractivity contribution < 1.29 is 5.11 Å². The highest BCUT2D eigenvalue weighted by molar-refractivity contribution is 5.03. The lowest BCUT2D eigenvalue weighted by molar-refractivity contribution is 0.176. The van der Waals surface area contributed by atoms with Crippen molar-refractivity contribution in [3.8, 4) is 0 Å². The van der Waals surface area contributed by atoms with Crippen LogP contribution in [0, 0.1) is 0 Å². The number of aliphatic hydroxyl groups excluding tert-OH is 1. The van der Waals surface area contributed by atoms with Gasteiger partial charge in [-0.2, -0.15) is 5.10 Å². The first-order valence-corrected chi connectivity index (χ1v) is 5.62. The molecule has 15 heavy (non-hydrogen) atoms. The van der Waals surface area contributed by atoms with Crippen LogP contribution in [-0.4, -0.2) is 45.5 Å². The molecule has 1 atom stereocenters. The molecular formula is C11H19N3O. The molecule has 0 bridgehead atoms. The molecule has 2 rings (SSSR count). The van der Waals surface area contributed by atoms with Crippen LogP contribution in [0.15, 0.2) is 12.4 Å². The highest BCUT2D eigenvalue weighted by Gasteiger charge is 2.18. The lowest BCUT2D eigenvalue weighted by Crippen LogP contribution is -2.23. The lowest BCUT2D eigenvalue weighted by Gasteiger charge is -2.13. The summed E-state index contributed by atoms with van der Waals surface area (Å²) in [4.78, 5) is 2.33. The smallest absolute Gasteiger partial charge is 0.0679 e. The molecule has 84 valence electrons. The third-order valence-corrected chi connectivity index (χ3v) is 2.95. The average Bonchev–Trinajstić information content (AvgIpc) is 2.76. The van der Waals surface area contributed by atoms with Gasteiger partial charge in [0.05, 0.1) is 12.3 Å². The van der Waals surface area contributed by atoms with E-state index in [1.54, 1.807) is 0 Å². The van der Waals surface area contributed by atoms with Gasteiger partial charge in [0, 0.05) is 26.3 Å². The second-order valence-electron chi connectivity index (χ2n) is 4.37. The van der Waals surface area contributed by atoms with Gasteiger partial charge in [-0.1, -0.05) is 0 Å². The molecule has 0 aromatic carbocycles. The predicted molar refractivity (Wildman–Crippen MR) is 58.6 cm³/mol. The molecule has 0 saturated carbocycles. The Bertz CT molecular complexity index is 311. The van der Waals surface area contributed by atoms with E-state index in [9.17, 15) is 5.11 Å². The zero-order chi connectivity index (χ0) is 10.7. The molecule has 2 heterocycles. The summed E-state index contributed by atoms with van der Waals surface area (Å²) in [5.74, 6) is 0. The molecule has 1 aromatic heterocycles. The van der Waals surface area contributed by atoms with E-state index < -0.39 is 0 Å². The maximum atomic E-state index is 9.36. The molecule has 1 fully saturated rings. The number of β-amino-alcohol motifs (C(OH)–C–C–N with tert-alkyl or cyclic N) is 1. The number of hydrogen-bond acceptors (Lipinski definition) is 3. The molecule has 0 aliphatic carbocycles. The summed E-state index contributed by atoms with van der Waals surface area (Å²) in [6, 6.07) is 0. The number of rotatable bonds is 4. The van der Waals surface area contributed by atoms with E-state index in [2.05, 4.69) is 16.2 Å². The van der Waals surface area contributed by atoms with Gasteiger partial charge in [0.15, 0.2) is 0 Å². The van der Waals surface area contributed by atoms with Crippen LogP contribution in [0.4, 0.5) is 0 Å². The maximum Gasteiger partial charge on any atom is 0.0679 e. The first-order valence-electron chi connectivity index (χ1n) is 5.62. The van der Waals surface area contributed by atoms with Crippen LogP contribution in [0.2, 0.25) is 0 Å². The molecule has 1 aromatic rings. The molecule has 1 N–H and O–H groups in total. The molecule has 1 aliphatic heterocycles. The van der Waals surface area contributed by atoms with E-state index in [0.29, 0.717) is 0 Å². The zero-order valence-electron chi connectivity index (χ0n) is 9.26. The highest BCUT2D eigenvalue weighted by Crippen LogP contribution is 2.10. The molecule has 0 spiro atoms. The van der Waals surface area contributed by atoms with Crippen molar-refractivity contribution in [1.82, 2.24) is 14.7 Å². The highest BCUT2D eigenvalue weighted by atomic mass is 16.3. The molecular weight excluding hydrogens is 190 g/mol. The molecule has 0 amide bonds. The topological polar surface area (TPSA) is 41.3 Å². The first kappa shape index (κ1) is 10.6.